The minimum Gasteiger partial charge on any atom is -0.378 e. The van der Waals surface area contributed by atoms with Crippen molar-refractivity contribution in [2.45, 2.75) is 78.4 Å². The Morgan fingerprint density at radius 2 is 2.06 bits per heavy atom. The number of nitrogens with two attached hydrogens (primary N) is 1. The van der Waals surface area contributed by atoms with Gasteiger partial charge >= 0.3 is 0 Å². The maximum Gasteiger partial charge on any atom is 0.0576 e. The van der Waals surface area contributed by atoms with Crippen LogP contribution in [0.2, 0.25) is 0 Å². The predicted octanol–water partition coefficient (Wildman–Crippen LogP) is 3.74. The van der Waals surface area contributed by atoms with Crippen LogP contribution in [-0.2, 0) is 4.74 Å². The van der Waals surface area contributed by atoms with Crippen LogP contribution in [0.5, 0.6) is 0 Å². The average Bonchev–Trinajstić information content (AvgIpc) is 2.63. The zero-order valence-corrected chi connectivity index (χ0v) is 12.2. The third-order valence-electron chi connectivity index (χ3n) is 3.55. The van der Waals surface area contributed by atoms with Gasteiger partial charge in [-0.3, -0.25) is 0 Å². The first-order valence-corrected chi connectivity index (χ1v) is 7.24. The fourth-order valence-electron chi connectivity index (χ4n) is 3.04. The molecule has 0 amide bonds. The van der Waals surface area contributed by atoms with Gasteiger partial charge in [0.25, 0.3) is 0 Å². The lowest BCUT2D eigenvalue weighted by Crippen LogP contribution is -2.26. The molecule has 3 atom stereocenters. The van der Waals surface area contributed by atoms with E-state index < -0.39 is 0 Å². The summed E-state index contributed by atoms with van der Waals surface area (Å²) < 4.78 is 5.63. The quantitative estimate of drug-likeness (QED) is 0.769. The molecule has 1 aliphatic rings. The van der Waals surface area contributed by atoms with E-state index in [2.05, 4.69) is 27.7 Å². The molecule has 0 radical (unpaired) electrons. The summed E-state index contributed by atoms with van der Waals surface area (Å²) in [5.41, 5.74) is 6.64. The molecule has 102 valence electrons. The molecule has 0 spiro atoms. The van der Waals surface area contributed by atoms with Crippen LogP contribution in [0.25, 0.3) is 0 Å². The molecule has 0 aromatic carbocycles. The molecule has 17 heavy (non-hydrogen) atoms. The van der Waals surface area contributed by atoms with Crippen LogP contribution < -0.4 is 5.73 Å². The maximum absolute atomic E-state index is 6.22. The Hall–Kier alpha value is -0.0800. The molecular formula is C15H31NO. The van der Waals surface area contributed by atoms with Gasteiger partial charge < -0.3 is 10.5 Å². The maximum atomic E-state index is 6.22. The Labute approximate surface area is 107 Å². The second-order valence-corrected chi connectivity index (χ2v) is 7.08. The van der Waals surface area contributed by atoms with E-state index in [1.165, 1.54) is 19.3 Å². The lowest BCUT2D eigenvalue weighted by Gasteiger charge is -2.25. The summed E-state index contributed by atoms with van der Waals surface area (Å²) in [5, 5.41) is 0. The van der Waals surface area contributed by atoms with Crippen LogP contribution in [0.4, 0.5) is 0 Å². The molecule has 2 heteroatoms. The second-order valence-electron chi connectivity index (χ2n) is 7.08. The van der Waals surface area contributed by atoms with Gasteiger partial charge in [0.2, 0.25) is 0 Å². The monoisotopic (exact) mass is 241 g/mol. The number of hydrogen-bond donors (Lipinski definition) is 1. The summed E-state index contributed by atoms with van der Waals surface area (Å²) in [7, 11) is 0. The molecule has 1 saturated heterocycles. The van der Waals surface area contributed by atoms with Crippen molar-refractivity contribution >= 4 is 0 Å². The van der Waals surface area contributed by atoms with Crippen molar-refractivity contribution in [3.8, 4) is 0 Å². The molecule has 0 aliphatic carbocycles. The molecule has 1 aliphatic heterocycles. The van der Waals surface area contributed by atoms with Crippen LogP contribution in [0.15, 0.2) is 0 Å². The van der Waals surface area contributed by atoms with E-state index in [4.69, 9.17) is 10.5 Å². The Balaban J connectivity index is 2.12. The van der Waals surface area contributed by atoms with E-state index in [-0.39, 0.29) is 0 Å². The van der Waals surface area contributed by atoms with Gasteiger partial charge in [0, 0.05) is 12.6 Å². The summed E-state index contributed by atoms with van der Waals surface area (Å²) >= 11 is 0. The number of rotatable bonds is 6. The van der Waals surface area contributed by atoms with Crippen molar-refractivity contribution in [2.24, 2.45) is 17.1 Å². The van der Waals surface area contributed by atoms with Gasteiger partial charge in [0.1, 0.15) is 0 Å². The van der Waals surface area contributed by atoms with Crippen molar-refractivity contribution < 1.29 is 4.74 Å². The molecule has 0 aromatic rings. The minimum absolute atomic E-state index is 0.358. The van der Waals surface area contributed by atoms with E-state index in [0.717, 1.165) is 31.8 Å². The first-order chi connectivity index (χ1) is 7.87. The highest BCUT2D eigenvalue weighted by Crippen LogP contribution is 2.27. The van der Waals surface area contributed by atoms with Gasteiger partial charge in [-0.2, -0.15) is 0 Å². The minimum atomic E-state index is 0.358. The van der Waals surface area contributed by atoms with Crippen molar-refractivity contribution in [3.63, 3.8) is 0 Å². The smallest absolute Gasteiger partial charge is 0.0576 e. The first kappa shape index (κ1) is 15.0. The van der Waals surface area contributed by atoms with Crippen LogP contribution in [0.3, 0.4) is 0 Å². The Kier molecular flexibility index (Phi) is 5.94. The largest absolute Gasteiger partial charge is 0.378 e. The SMILES string of the molecule is CC(CC(N)CCC1CCCO1)CC(C)(C)C. The lowest BCUT2D eigenvalue weighted by atomic mass is 9.82. The molecule has 1 rings (SSSR count). The zero-order chi connectivity index (χ0) is 12.9. The lowest BCUT2D eigenvalue weighted by molar-refractivity contribution is 0.0997. The highest BCUT2D eigenvalue weighted by molar-refractivity contribution is 4.74. The average molecular weight is 241 g/mol. The summed E-state index contributed by atoms with van der Waals surface area (Å²) in [5.74, 6) is 0.731. The van der Waals surface area contributed by atoms with Crippen LogP contribution in [-0.4, -0.2) is 18.8 Å². The van der Waals surface area contributed by atoms with Gasteiger partial charge in [-0.05, 0) is 49.9 Å². The van der Waals surface area contributed by atoms with Gasteiger partial charge in [-0.25, -0.2) is 0 Å². The number of ether oxygens (including phenoxy) is 1. The summed E-state index contributed by atoms with van der Waals surface area (Å²) in [4.78, 5) is 0. The molecule has 0 bridgehead atoms. The molecular weight excluding hydrogens is 210 g/mol. The van der Waals surface area contributed by atoms with E-state index in [1.807, 2.05) is 0 Å². The van der Waals surface area contributed by atoms with Crippen molar-refractivity contribution in [1.29, 1.82) is 0 Å². The Morgan fingerprint density at radius 1 is 1.35 bits per heavy atom. The Bertz CT molecular complexity index is 203. The van der Waals surface area contributed by atoms with Gasteiger partial charge in [0.15, 0.2) is 0 Å². The molecule has 2 N–H and O–H groups in total. The third kappa shape index (κ3) is 7.05. The van der Waals surface area contributed by atoms with Crippen LogP contribution in [0, 0.1) is 11.3 Å². The molecule has 1 fully saturated rings. The topological polar surface area (TPSA) is 35.2 Å². The molecule has 1 heterocycles. The fraction of sp³-hybridized carbons (Fsp3) is 1.00. The molecule has 0 aromatic heterocycles. The van der Waals surface area contributed by atoms with E-state index in [9.17, 15) is 0 Å². The fourth-order valence-corrected chi connectivity index (χ4v) is 3.04. The predicted molar refractivity (Wildman–Crippen MR) is 74.0 cm³/mol. The second kappa shape index (κ2) is 6.75. The summed E-state index contributed by atoms with van der Waals surface area (Å²) in [6.07, 6.45) is 7.68. The van der Waals surface area contributed by atoms with Crippen LogP contribution >= 0.6 is 0 Å². The highest BCUT2D eigenvalue weighted by Gasteiger charge is 2.20. The normalized spacial score (nSPS) is 24.9. The van der Waals surface area contributed by atoms with E-state index >= 15 is 0 Å². The molecule has 2 nitrogen and oxygen atoms in total. The van der Waals surface area contributed by atoms with E-state index in [0.29, 0.717) is 17.6 Å². The van der Waals surface area contributed by atoms with Crippen LogP contribution in [0.1, 0.15) is 66.2 Å². The van der Waals surface area contributed by atoms with Gasteiger partial charge in [-0.15, -0.1) is 0 Å². The van der Waals surface area contributed by atoms with Gasteiger partial charge in [0.05, 0.1) is 6.10 Å². The number of hydrogen-bond acceptors (Lipinski definition) is 2. The van der Waals surface area contributed by atoms with Gasteiger partial charge in [-0.1, -0.05) is 27.7 Å². The van der Waals surface area contributed by atoms with E-state index in [1.54, 1.807) is 0 Å². The zero-order valence-electron chi connectivity index (χ0n) is 12.2. The standard InChI is InChI=1S/C15H31NO/c1-12(11-15(2,3)4)10-13(16)7-8-14-6-5-9-17-14/h12-14H,5-11,16H2,1-4H3. The summed E-state index contributed by atoms with van der Waals surface area (Å²) in [6, 6.07) is 0.358. The highest BCUT2D eigenvalue weighted by atomic mass is 16.5. The third-order valence-corrected chi connectivity index (χ3v) is 3.55. The van der Waals surface area contributed by atoms with Crippen molar-refractivity contribution in [3.05, 3.63) is 0 Å². The Morgan fingerprint density at radius 3 is 2.59 bits per heavy atom. The van der Waals surface area contributed by atoms with Crippen molar-refractivity contribution in [2.75, 3.05) is 6.61 Å². The molecule has 3 unspecified atom stereocenters. The van der Waals surface area contributed by atoms with Crippen molar-refractivity contribution in [1.82, 2.24) is 0 Å². The molecule has 0 saturated carbocycles. The first-order valence-electron chi connectivity index (χ1n) is 7.24. The summed E-state index contributed by atoms with van der Waals surface area (Å²) in [6.45, 7) is 10.2.